The third-order valence-electron chi connectivity index (χ3n) is 4.17. The molecular formula is C22H15BrFN3O2S. The molecule has 0 aliphatic carbocycles. The van der Waals surface area contributed by atoms with Gasteiger partial charge in [-0.1, -0.05) is 40.2 Å². The molecule has 0 bridgehead atoms. The Morgan fingerprint density at radius 1 is 1.07 bits per heavy atom. The van der Waals surface area contributed by atoms with E-state index in [9.17, 15) is 9.18 Å². The second-order valence-corrected chi connectivity index (χ2v) is 8.24. The molecule has 0 atom stereocenters. The van der Waals surface area contributed by atoms with Gasteiger partial charge in [-0.2, -0.15) is 5.10 Å². The Morgan fingerprint density at radius 3 is 2.50 bits per heavy atom. The summed E-state index contributed by atoms with van der Waals surface area (Å²) in [5.74, 6) is 0.154. The van der Waals surface area contributed by atoms with Crippen molar-refractivity contribution in [3.63, 3.8) is 0 Å². The van der Waals surface area contributed by atoms with Crippen LogP contribution < -0.4 is 0 Å². The molecule has 0 N–H and O–H groups in total. The van der Waals surface area contributed by atoms with Crippen LogP contribution in [0, 0.1) is 5.82 Å². The van der Waals surface area contributed by atoms with Gasteiger partial charge in [0, 0.05) is 4.47 Å². The van der Waals surface area contributed by atoms with Gasteiger partial charge in [-0.15, -0.1) is 5.10 Å². The van der Waals surface area contributed by atoms with E-state index in [0.717, 1.165) is 10.0 Å². The van der Waals surface area contributed by atoms with E-state index in [1.807, 2.05) is 30.3 Å². The predicted molar refractivity (Wildman–Crippen MR) is 120 cm³/mol. The van der Waals surface area contributed by atoms with Gasteiger partial charge in [0.15, 0.2) is 5.17 Å². The molecule has 5 nitrogen and oxygen atoms in total. The van der Waals surface area contributed by atoms with Gasteiger partial charge in [-0.05, 0) is 65.4 Å². The summed E-state index contributed by atoms with van der Waals surface area (Å²) in [4.78, 5) is 15.1. The normalized spacial score (nSPS) is 17.0. The second-order valence-electron chi connectivity index (χ2n) is 6.31. The molecule has 0 radical (unpaired) electrons. The van der Waals surface area contributed by atoms with Crippen molar-refractivity contribution in [1.82, 2.24) is 4.90 Å². The number of furan rings is 1. The Kier molecular flexibility index (Phi) is 6.25. The molecule has 1 aromatic heterocycles. The fourth-order valence-corrected chi connectivity index (χ4v) is 3.88. The van der Waals surface area contributed by atoms with Crippen LogP contribution in [0.5, 0.6) is 0 Å². The average Bonchev–Trinajstić information content (AvgIpc) is 3.35. The SMILES string of the molecule is O=C1/C(=C/c2ccc(Br)cc2)S/C(=N\N=C\c2ccc(F)cc2)N1Cc1ccco1. The summed E-state index contributed by atoms with van der Waals surface area (Å²) in [5, 5.41) is 8.75. The van der Waals surface area contributed by atoms with Gasteiger partial charge in [0.2, 0.25) is 0 Å². The molecule has 1 aliphatic rings. The number of halogens is 2. The van der Waals surface area contributed by atoms with Gasteiger partial charge < -0.3 is 4.42 Å². The molecular weight excluding hydrogens is 469 g/mol. The van der Waals surface area contributed by atoms with E-state index in [0.29, 0.717) is 21.4 Å². The number of amides is 1. The van der Waals surface area contributed by atoms with Crippen molar-refractivity contribution in [2.75, 3.05) is 0 Å². The second kappa shape index (κ2) is 9.23. The highest BCUT2D eigenvalue weighted by atomic mass is 79.9. The lowest BCUT2D eigenvalue weighted by Gasteiger charge is -2.12. The predicted octanol–water partition coefficient (Wildman–Crippen LogP) is 5.69. The van der Waals surface area contributed by atoms with Crippen molar-refractivity contribution >= 4 is 51.1 Å². The summed E-state index contributed by atoms with van der Waals surface area (Å²) >= 11 is 4.65. The zero-order valence-corrected chi connectivity index (χ0v) is 17.9. The smallest absolute Gasteiger partial charge is 0.267 e. The molecule has 1 amide bonds. The first-order valence-electron chi connectivity index (χ1n) is 8.94. The quantitative estimate of drug-likeness (QED) is 0.266. The van der Waals surface area contributed by atoms with Gasteiger partial charge >= 0.3 is 0 Å². The number of hydrogen-bond donors (Lipinski definition) is 0. The Morgan fingerprint density at radius 2 is 1.80 bits per heavy atom. The molecule has 1 saturated heterocycles. The van der Waals surface area contributed by atoms with E-state index in [2.05, 4.69) is 26.1 Å². The maximum Gasteiger partial charge on any atom is 0.267 e. The van der Waals surface area contributed by atoms with Crippen molar-refractivity contribution in [1.29, 1.82) is 0 Å². The highest BCUT2D eigenvalue weighted by Gasteiger charge is 2.34. The number of nitrogens with zero attached hydrogens (tertiary/aromatic N) is 3. The molecule has 1 aliphatic heterocycles. The van der Waals surface area contributed by atoms with Crippen LogP contribution in [0.4, 0.5) is 4.39 Å². The molecule has 1 fully saturated rings. The van der Waals surface area contributed by atoms with Crippen molar-refractivity contribution < 1.29 is 13.6 Å². The zero-order chi connectivity index (χ0) is 20.9. The molecule has 2 aromatic carbocycles. The van der Waals surface area contributed by atoms with Crippen molar-refractivity contribution in [2.45, 2.75) is 6.54 Å². The number of thioether (sulfide) groups is 1. The maximum absolute atomic E-state index is 13.0. The lowest BCUT2D eigenvalue weighted by Crippen LogP contribution is -2.28. The van der Waals surface area contributed by atoms with Gasteiger partial charge in [-0.3, -0.25) is 9.69 Å². The Balaban J connectivity index is 1.60. The molecule has 30 heavy (non-hydrogen) atoms. The number of benzene rings is 2. The standard InChI is InChI=1S/C22H15BrFN3O2S/c23-17-7-3-15(4-8-17)12-20-21(28)27(14-19-2-1-11-29-19)22(30-20)26-25-13-16-5-9-18(24)10-6-16/h1-13H,14H2/b20-12-,25-13+,26-22-. The van der Waals surface area contributed by atoms with Crippen LogP contribution in [-0.4, -0.2) is 22.2 Å². The van der Waals surface area contributed by atoms with Crippen LogP contribution in [0.15, 0.2) is 90.9 Å². The largest absolute Gasteiger partial charge is 0.467 e. The first kappa shape index (κ1) is 20.3. The molecule has 0 saturated carbocycles. The summed E-state index contributed by atoms with van der Waals surface area (Å²) < 4.78 is 19.4. The highest BCUT2D eigenvalue weighted by molar-refractivity contribution is 9.10. The van der Waals surface area contributed by atoms with E-state index in [1.54, 1.807) is 30.5 Å². The van der Waals surface area contributed by atoms with E-state index >= 15 is 0 Å². The maximum atomic E-state index is 13.0. The third kappa shape index (κ3) is 4.95. The first-order chi connectivity index (χ1) is 14.6. The van der Waals surface area contributed by atoms with Gasteiger partial charge in [-0.25, -0.2) is 4.39 Å². The van der Waals surface area contributed by atoms with Gasteiger partial charge in [0.1, 0.15) is 11.6 Å². The molecule has 0 unspecified atom stereocenters. The Labute approximate surface area is 185 Å². The molecule has 4 rings (SSSR count). The highest BCUT2D eigenvalue weighted by Crippen LogP contribution is 2.34. The summed E-state index contributed by atoms with van der Waals surface area (Å²) in [5.41, 5.74) is 1.61. The van der Waals surface area contributed by atoms with Crippen LogP contribution in [0.1, 0.15) is 16.9 Å². The van der Waals surface area contributed by atoms with Crippen LogP contribution >= 0.6 is 27.7 Å². The van der Waals surface area contributed by atoms with Crippen molar-refractivity contribution in [2.24, 2.45) is 10.2 Å². The van der Waals surface area contributed by atoms with Crippen LogP contribution in [0.2, 0.25) is 0 Å². The molecule has 150 valence electrons. The first-order valence-corrected chi connectivity index (χ1v) is 10.6. The lowest BCUT2D eigenvalue weighted by atomic mass is 10.2. The number of carbonyl (C=O) groups excluding carboxylic acids is 1. The van der Waals surface area contributed by atoms with Gasteiger partial charge in [0.25, 0.3) is 5.91 Å². The minimum atomic E-state index is -0.317. The minimum Gasteiger partial charge on any atom is -0.467 e. The van der Waals surface area contributed by atoms with Crippen LogP contribution in [0.25, 0.3) is 6.08 Å². The molecule has 2 heterocycles. The molecule has 3 aromatic rings. The monoisotopic (exact) mass is 483 g/mol. The Bertz CT molecular complexity index is 1120. The van der Waals surface area contributed by atoms with Crippen molar-refractivity contribution in [3.8, 4) is 0 Å². The summed E-state index contributed by atoms with van der Waals surface area (Å²) in [6.45, 7) is 0.251. The summed E-state index contributed by atoms with van der Waals surface area (Å²) in [6.07, 6.45) is 4.89. The topological polar surface area (TPSA) is 58.2 Å². The van der Waals surface area contributed by atoms with E-state index in [1.165, 1.54) is 35.0 Å². The molecule has 8 heteroatoms. The number of carbonyl (C=O) groups is 1. The number of hydrogen-bond acceptors (Lipinski definition) is 5. The molecule has 0 spiro atoms. The summed E-state index contributed by atoms with van der Waals surface area (Å²) in [7, 11) is 0. The Hall–Kier alpha value is -2.97. The summed E-state index contributed by atoms with van der Waals surface area (Å²) in [6, 6.07) is 17.1. The van der Waals surface area contributed by atoms with Crippen molar-refractivity contribution in [3.05, 3.63) is 99.0 Å². The van der Waals surface area contributed by atoms with E-state index < -0.39 is 0 Å². The van der Waals surface area contributed by atoms with Gasteiger partial charge in [0.05, 0.1) is 23.9 Å². The number of amidine groups is 1. The van der Waals surface area contributed by atoms with E-state index in [-0.39, 0.29) is 18.3 Å². The number of rotatable bonds is 5. The van der Waals surface area contributed by atoms with E-state index in [4.69, 9.17) is 4.42 Å². The minimum absolute atomic E-state index is 0.171. The van der Waals surface area contributed by atoms with Crippen LogP contribution in [-0.2, 0) is 11.3 Å². The fraction of sp³-hybridized carbons (Fsp3) is 0.0455. The average molecular weight is 484 g/mol. The third-order valence-corrected chi connectivity index (χ3v) is 5.70. The fourth-order valence-electron chi connectivity index (χ4n) is 2.68. The zero-order valence-electron chi connectivity index (χ0n) is 15.5. The lowest BCUT2D eigenvalue weighted by molar-refractivity contribution is -0.122. The van der Waals surface area contributed by atoms with Crippen LogP contribution in [0.3, 0.4) is 0 Å².